The maximum atomic E-state index is 12.9. The summed E-state index contributed by atoms with van der Waals surface area (Å²) in [4.78, 5) is 24.2. The fourth-order valence-corrected chi connectivity index (χ4v) is 3.40. The van der Waals surface area contributed by atoms with E-state index < -0.39 is 5.82 Å². The highest BCUT2D eigenvalue weighted by atomic mass is 19.1. The summed E-state index contributed by atoms with van der Waals surface area (Å²) in [6.07, 6.45) is 9.08. The molecule has 0 atom stereocenters. The summed E-state index contributed by atoms with van der Waals surface area (Å²) in [6.45, 7) is 0. The van der Waals surface area contributed by atoms with Gasteiger partial charge in [0.1, 0.15) is 0 Å². The molecule has 1 N–H and O–H groups in total. The number of hydrogen-bond acceptors (Lipinski definition) is 6. The molecule has 0 amide bonds. The van der Waals surface area contributed by atoms with Crippen LogP contribution in [-0.2, 0) is 0 Å². The molecule has 27 heavy (non-hydrogen) atoms. The van der Waals surface area contributed by atoms with Crippen molar-refractivity contribution < 1.29 is 4.39 Å². The summed E-state index contributed by atoms with van der Waals surface area (Å²) in [5.74, 6) is -0.0291. The molecule has 138 valence electrons. The molecule has 3 heterocycles. The molecule has 0 aliphatic heterocycles. The van der Waals surface area contributed by atoms with E-state index in [-0.39, 0.29) is 17.6 Å². The molecular formula is C19H19FN6O. The van der Waals surface area contributed by atoms with Gasteiger partial charge in [-0.25, -0.2) is 19.0 Å². The largest absolute Gasteiger partial charge is 0.351 e. The van der Waals surface area contributed by atoms with Gasteiger partial charge in [0, 0.05) is 30.1 Å². The highest BCUT2D eigenvalue weighted by Crippen LogP contribution is 2.28. The second-order valence-corrected chi connectivity index (χ2v) is 6.61. The fraction of sp³-hybridized carbons (Fsp3) is 0.316. The van der Waals surface area contributed by atoms with E-state index in [0.29, 0.717) is 5.95 Å². The topological polar surface area (TPSA) is 85.6 Å². The summed E-state index contributed by atoms with van der Waals surface area (Å²) >= 11 is 0. The average molecular weight is 366 g/mol. The minimum absolute atomic E-state index is 0.0615. The van der Waals surface area contributed by atoms with Crippen molar-refractivity contribution in [2.75, 3.05) is 5.32 Å². The third-order valence-electron chi connectivity index (χ3n) is 4.80. The van der Waals surface area contributed by atoms with Crippen molar-refractivity contribution in [2.24, 2.45) is 0 Å². The Labute approximate surface area is 155 Å². The molecule has 1 saturated carbocycles. The normalized spacial score (nSPS) is 19.6. The van der Waals surface area contributed by atoms with Gasteiger partial charge in [-0.15, -0.1) is 0 Å². The lowest BCUT2D eigenvalue weighted by Gasteiger charge is -2.29. The van der Waals surface area contributed by atoms with Crippen LogP contribution < -0.4 is 10.9 Å². The summed E-state index contributed by atoms with van der Waals surface area (Å²) in [7, 11) is 0. The number of hydrogen-bond donors (Lipinski definition) is 1. The molecule has 0 saturated heterocycles. The molecule has 0 unspecified atom stereocenters. The zero-order chi connectivity index (χ0) is 18.6. The number of aromatic nitrogens is 5. The summed E-state index contributed by atoms with van der Waals surface area (Å²) in [5, 5.41) is 7.80. The molecule has 0 aromatic carbocycles. The molecule has 0 bridgehead atoms. The van der Waals surface area contributed by atoms with Gasteiger partial charge in [0.2, 0.25) is 5.95 Å². The zero-order valence-electron chi connectivity index (χ0n) is 14.6. The number of nitrogens with one attached hydrogen (secondary N) is 1. The van der Waals surface area contributed by atoms with Gasteiger partial charge in [-0.2, -0.15) is 5.10 Å². The van der Waals surface area contributed by atoms with E-state index in [1.54, 1.807) is 29.2 Å². The van der Waals surface area contributed by atoms with Crippen molar-refractivity contribution in [3.63, 3.8) is 0 Å². The second-order valence-electron chi connectivity index (χ2n) is 6.61. The van der Waals surface area contributed by atoms with Crippen LogP contribution in [0.3, 0.4) is 0 Å². The monoisotopic (exact) mass is 366 g/mol. The van der Waals surface area contributed by atoms with Gasteiger partial charge < -0.3 is 5.32 Å². The lowest BCUT2D eigenvalue weighted by molar-refractivity contribution is 0.304. The zero-order valence-corrected chi connectivity index (χ0v) is 14.6. The van der Waals surface area contributed by atoms with Gasteiger partial charge in [-0.1, -0.05) is 0 Å². The van der Waals surface area contributed by atoms with E-state index in [4.69, 9.17) is 0 Å². The minimum atomic E-state index is -0.455. The van der Waals surface area contributed by atoms with Gasteiger partial charge in [-0.05, 0) is 43.9 Å². The lowest BCUT2D eigenvalue weighted by atomic mass is 9.91. The third kappa shape index (κ3) is 3.99. The van der Waals surface area contributed by atoms with Crippen LogP contribution >= 0.6 is 0 Å². The minimum Gasteiger partial charge on any atom is -0.351 e. The molecule has 1 aliphatic rings. The average Bonchev–Trinajstić information content (AvgIpc) is 2.71. The smallest absolute Gasteiger partial charge is 0.267 e. The predicted octanol–water partition coefficient (Wildman–Crippen LogP) is 2.83. The van der Waals surface area contributed by atoms with Crippen LogP contribution in [0.15, 0.2) is 53.8 Å². The van der Waals surface area contributed by atoms with Crippen molar-refractivity contribution >= 4 is 5.95 Å². The molecule has 4 rings (SSSR count). The van der Waals surface area contributed by atoms with Crippen molar-refractivity contribution in [1.82, 2.24) is 24.7 Å². The molecule has 3 aromatic rings. The van der Waals surface area contributed by atoms with Crippen LogP contribution in [0.5, 0.6) is 0 Å². The van der Waals surface area contributed by atoms with E-state index >= 15 is 0 Å². The van der Waals surface area contributed by atoms with E-state index in [9.17, 15) is 9.18 Å². The van der Waals surface area contributed by atoms with E-state index in [2.05, 4.69) is 25.4 Å². The molecular weight excluding hydrogens is 347 g/mol. The van der Waals surface area contributed by atoms with Gasteiger partial charge in [0.15, 0.2) is 5.82 Å². The Morgan fingerprint density at radius 2 is 1.70 bits per heavy atom. The summed E-state index contributed by atoms with van der Waals surface area (Å²) < 4.78 is 14.5. The number of pyridine rings is 1. The standard InChI is InChI=1S/C19H19FN6O/c20-14-11-22-19(23-12-14)24-15-1-3-16(4-2-15)26-18(27)6-5-17(25-26)13-7-9-21-10-8-13/h5-12,15-16H,1-4H2,(H,22,23,24). The van der Waals surface area contributed by atoms with Gasteiger partial charge in [0.25, 0.3) is 5.56 Å². The quantitative estimate of drug-likeness (QED) is 0.764. The van der Waals surface area contributed by atoms with E-state index in [1.165, 1.54) is 0 Å². The highest BCUT2D eigenvalue weighted by Gasteiger charge is 2.24. The molecule has 1 aliphatic carbocycles. The Bertz CT molecular complexity index is 952. The Morgan fingerprint density at radius 3 is 2.41 bits per heavy atom. The van der Waals surface area contributed by atoms with Crippen LogP contribution in [0.1, 0.15) is 31.7 Å². The Morgan fingerprint density at radius 1 is 1.00 bits per heavy atom. The van der Waals surface area contributed by atoms with Crippen LogP contribution in [0.2, 0.25) is 0 Å². The van der Waals surface area contributed by atoms with E-state index in [0.717, 1.165) is 49.3 Å². The molecule has 8 heteroatoms. The van der Waals surface area contributed by atoms with Crippen molar-refractivity contribution in [2.45, 2.75) is 37.8 Å². The first-order chi connectivity index (χ1) is 13.2. The van der Waals surface area contributed by atoms with Gasteiger partial charge in [-0.3, -0.25) is 9.78 Å². The van der Waals surface area contributed by atoms with Gasteiger partial charge in [0.05, 0.1) is 24.1 Å². The van der Waals surface area contributed by atoms with Crippen molar-refractivity contribution in [1.29, 1.82) is 0 Å². The Kier molecular flexibility index (Phi) is 4.86. The first-order valence-corrected chi connectivity index (χ1v) is 8.93. The molecule has 0 spiro atoms. The van der Waals surface area contributed by atoms with Crippen LogP contribution in [0.4, 0.5) is 10.3 Å². The molecule has 7 nitrogen and oxygen atoms in total. The predicted molar refractivity (Wildman–Crippen MR) is 98.6 cm³/mol. The maximum absolute atomic E-state index is 12.9. The van der Waals surface area contributed by atoms with Crippen molar-refractivity contribution in [3.05, 3.63) is 65.2 Å². The fourth-order valence-electron chi connectivity index (χ4n) is 3.40. The highest BCUT2D eigenvalue weighted by molar-refractivity contribution is 5.57. The summed E-state index contributed by atoms with van der Waals surface area (Å²) in [6, 6.07) is 7.32. The SMILES string of the molecule is O=c1ccc(-c2ccncc2)nn1C1CCC(Nc2ncc(F)cn2)CC1. The number of anilines is 1. The first-order valence-electron chi connectivity index (χ1n) is 8.93. The first kappa shape index (κ1) is 17.3. The molecule has 3 aromatic heterocycles. The maximum Gasteiger partial charge on any atom is 0.267 e. The lowest BCUT2D eigenvalue weighted by Crippen LogP contribution is -2.33. The third-order valence-corrected chi connectivity index (χ3v) is 4.80. The van der Waals surface area contributed by atoms with Crippen molar-refractivity contribution in [3.8, 4) is 11.3 Å². The van der Waals surface area contributed by atoms with Crippen LogP contribution in [0.25, 0.3) is 11.3 Å². The number of nitrogens with zero attached hydrogens (tertiary/aromatic N) is 5. The number of halogens is 1. The van der Waals surface area contributed by atoms with E-state index in [1.807, 2.05) is 12.1 Å². The second kappa shape index (κ2) is 7.61. The van der Waals surface area contributed by atoms with Crippen LogP contribution in [-0.4, -0.2) is 30.8 Å². The molecule has 0 radical (unpaired) electrons. The number of rotatable bonds is 4. The van der Waals surface area contributed by atoms with Gasteiger partial charge >= 0.3 is 0 Å². The Balaban J connectivity index is 1.45. The molecule has 1 fully saturated rings. The summed E-state index contributed by atoms with van der Waals surface area (Å²) in [5.41, 5.74) is 1.60. The van der Waals surface area contributed by atoms with Crippen LogP contribution in [0, 0.1) is 5.82 Å². The Hall–Kier alpha value is -3.16.